The van der Waals surface area contributed by atoms with Crippen LogP contribution in [0.3, 0.4) is 0 Å². The molecule has 0 bridgehead atoms. The second-order valence-corrected chi connectivity index (χ2v) is 8.61. The summed E-state index contributed by atoms with van der Waals surface area (Å²) in [5.74, 6) is 2.28. The zero-order chi connectivity index (χ0) is 17.4. The molecule has 0 aromatic carbocycles. The van der Waals surface area contributed by atoms with Crippen molar-refractivity contribution < 1.29 is 14.1 Å². The van der Waals surface area contributed by atoms with Gasteiger partial charge in [0.25, 0.3) is 0 Å². The Morgan fingerprint density at radius 1 is 1.28 bits per heavy atom. The molecule has 1 unspecified atom stereocenters. The smallest absolute Gasteiger partial charge is 0.234 e. The molecule has 1 atom stereocenters. The molecule has 2 aliphatic carbocycles. The maximum absolute atomic E-state index is 12.7. The third-order valence-corrected chi connectivity index (χ3v) is 6.88. The Bertz CT molecular complexity index is 625. The minimum atomic E-state index is 0.0859. The number of anilines is 1. The zero-order valence-corrected chi connectivity index (χ0v) is 15.5. The van der Waals surface area contributed by atoms with Crippen molar-refractivity contribution in [3.63, 3.8) is 0 Å². The molecule has 1 amide bonds. The number of amides is 1. The molecular weight excluding hydrogens is 316 g/mol. The summed E-state index contributed by atoms with van der Waals surface area (Å²) in [5, 5.41) is 7.25. The Kier molecular flexibility index (Phi) is 4.61. The summed E-state index contributed by atoms with van der Waals surface area (Å²) in [6.07, 6.45) is 9.03. The topological polar surface area (TPSA) is 64.4 Å². The number of nitrogens with zero attached hydrogens (tertiary/aromatic N) is 1. The van der Waals surface area contributed by atoms with Crippen LogP contribution >= 0.6 is 0 Å². The summed E-state index contributed by atoms with van der Waals surface area (Å²) in [7, 11) is 0. The molecule has 0 radical (unpaired) electrons. The third kappa shape index (κ3) is 3.48. The van der Waals surface area contributed by atoms with E-state index < -0.39 is 0 Å². The average molecular weight is 346 g/mol. The van der Waals surface area contributed by atoms with Gasteiger partial charge in [0, 0.05) is 31.1 Å². The van der Waals surface area contributed by atoms with Gasteiger partial charge in [-0.05, 0) is 49.9 Å². The van der Waals surface area contributed by atoms with Gasteiger partial charge in [0.15, 0.2) is 0 Å². The summed E-state index contributed by atoms with van der Waals surface area (Å²) in [4.78, 5) is 12.7. The van der Waals surface area contributed by atoms with Crippen molar-refractivity contribution in [1.82, 2.24) is 5.16 Å². The van der Waals surface area contributed by atoms with Crippen molar-refractivity contribution in [2.24, 2.45) is 17.3 Å². The Hall–Kier alpha value is -1.36. The van der Waals surface area contributed by atoms with Crippen LogP contribution in [0, 0.1) is 24.2 Å². The van der Waals surface area contributed by atoms with Crippen LogP contribution in [0.25, 0.3) is 0 Å². The highest BCUT2D eigenvalue weighted by molar-refractivity contribution is 5.90. The second-order valence-electron chi connectivity index (χ2n) is 8.61. The van der Waals surface area contributed by atoms with Crippen molar-refractivity contribution in [3.05, 3.63) is 11.3 Å². The highest BCUT2D eigenvalue weighted by Crippen LogP contribution is 2.58. The van der Waals surface area contributed by atoms with Gasteiger partial charge in [-0.3, -0.25) is 10.1 Å². The van der Waals surface area contributed by atoms with E-state index in [4.69, 9.17) is 9.26 Å². The molecule has 4 rings (SSSR count). The lowest BCUT2D eigenvalue weighted by Gasteiger charge is -2.37. The van der Waals surface area contributed by atoms with E-state index >= 15 is 0 Å². The van der Waals surface area contributed by atoms with Gasteiger partial charge in [0.2, 0.25) is 11.8 Å². The van der Waals surface area contributed by atoms with Crippen molar-refractivity contribution in [2.75, 3.05) is 18.5 Å². The van der Waals surface area contributed by atoms with E-state index in [-0.39, 0.29) is 5.91 Å². The van der Waals surface area contributed by atoms with E-state index in [0.29, 0.717) is 29.6 Å². The molecule has 1 aliphatic heterocycles. The largest absolute Gasteiger partial charge is 0.381 e. The summed E-state index contributed by atoms with van der Waals surface area (Å²) >= 11 is 0. The van der Waals surface area contributed by atoms with Crippen LogP contribution in [0.15, 0.2) is 4.52 Å². The Balaban J connectivity index is 1.39. The summed E-state index contributed by atoms with van der Waals surface area (Å²) in [6.45, 7) is 5.91. The molecule has 5 nitrogen and oxygen atoms in total. The summed E-state index contributed by atoms with van der Waals surface area (Å²) in [6, 6.07) is 0. The number of hydrogen-bond donors (Lipinski definition) is 1. The number of aromatic nitrogens is 1. The molecule has 1 N–H and O–H groups in total. The standard InChI is InChI=1S/C20H30N2O3/c1-13-18(15-6-10-24-11-7-15)22-25-19(13)21-17(23)12-16(14-4-3-5-14)20(2)8-9-20/h14-16H,3-12H2,1-2H3,(H,21,23). The molecule has 3 aliphatic rings. The predicted molar refractivity (Wildman–Crippen MR) is 95.5 cm³/mol. The lowest BCUT2D eigenvalue weighted by atomic mass is 9.68. The first-order valence-corrected chi connectivity index (χ1v) is 9.90. The fourth-order valence-corrected chi connectivity index (χ4v) is 4.59. The van der Waals surface area contributed by atoms with E-state index in [2.05, 4.69) is 17.4 Å². The first-order valence-electron chi connectivity index (χ1n) is 9.90. The van der Waals surface area contributed by atoms with Gasteiger partial charge < -0.3 is 9.26 Å². The van der Waals surface area contributed by atoms with E-state index in [1.54, 1.807) is 0 Å². The lowest BCUT2D eigenvalue weighted by molar-refractivity contribution is -0.118. The van der Waals surface area contributed by atoms with Crippen LogP contribution in [0.5, 0.6) is 0 Å². The van der Waals surface area contributed by atoms with Crippen LogP contribution < -0.4 is 5.32 Å². The number of carbonyl (C=O) groups is 1. The first-order chi connectivity index (χ1) is 12.1. The first kappa shape index (κ1) is 17.1. The van der Waals surface area contributed by atoms with Gasteiger partial charge >= 0.3 is 0 Å². The Morgan fingerprint density at radius 2 is 2.00 bits per heavy atom. The zero-order valence-electron chi connectivity index (χ0n) is 15.5. The average Bonchev–Trinajstić information content (AvgIpc) is 3.21. The van der Waals surface area contributed by atoms with E-state index in [0.717, 1.165) is 43.2 Å². The monoisotopic (exact) mass is 346 g/mol. The molecule has 2 saturated carbocycles. The molecule has 138 valence electrons. The van der Waals surface area contributed by atoms with Crippen LogP contribution in [0.2, 0.25) is 0 Å². The molecular formula is C20H30N2O3. The minimum Gasteiger partial charge on any atom is -0.381 e. The van der Waals surface area contributed by atoms with Gasteiger partial charge in [-0.2, -0.15) is 0 Å². The quantitative estimate of drug-likeness (QED) is 0.828. The highest BCUT2D eigenvalue weighted by atomic mass is 16.5. The maximum Gasteiger partial charge on any atom is 0.234 e. The third-order valence-electron chi connectivity index (χ3n) is 6.88. The molecule has 2 heterocycles. The van der Waals surface area contributed by atoms with Crippen molar-refractivity contribution in [2.45, 2.75) is 71.1 Å². The second kappa shape index (κ2) is 6.75. The molecule has 1 aromatic rings. The number of nitrogens with one attached hydrogen (secondary N) is 1. The van der Waals surface area contributed by atoms with E-state index in [1.807, 2.05) is 6.92 Å². The van der Waals surface area contributed by atoms with Gasteiger partial charge in [-0.15, -0.1) is 0 Å². The molecule has 25 heavy (non-hydrogen) atoms. The predicted octanol–water partition coefficient (Wildman–Crippen LogP) is 4.42. The number of carbonyl (C=O) groups excluding carboxylic acids is 1. The molecule has 3 fully saturated rings. The SMILES string of the molecule is Cc1c(C2CCOCC2)noc1NC(=O)CC(C1CCC1)C1(C)CC1. The van der Waals surface area contributed by atoms with Gasteiger partial charge in [0.1, 0.15) is 0 Å². The van der Waals surface area contributed by atoms with E-state index in [1.165, 1.54) is 32.1 Å². The summed E-state index contributed by atoms with van der Waals surface area (Å²) in [5.41, 5.74) is 2.37. The number of hydrogen-bond acceptors (Lipinski definition) is 4. The number of ether oxygens (including phenoxy) is 1. The van der Waals surface area contributed by atoms with Crippen molar-refractivity contribution in [1.29, 1.82) is 0 Å². The fourth-order valence-electron chi connectivity index (χ4n) is 4.59. The van der Waals surface area contributed by atoms with Crippen molar-refractivity contribution >= 4 is 11.8 Å². The van der Waals surface area contributed by atoms with Gasteiger partial charge in [-0.25, -0.2) is 0 Å². The van der Waals surface area contributed by atoms with Gasteiger partial charge in [-0.1, -0.05) is 31.3 Å². The van der Waals surface area contributed by atoms with Gasteiger partial charge in [0.05, 0.1) is 5.69 Å². The van der Waals surface area contributed by atoms with Crippen LogP contribution in [-0.2, 0) is 9.53 Å². The maximum atomic E-state index is 12.7. The number of rotatable bonds is 6. The van der Waals surface area contributed by atoms with Crippen LogP contribution in [0.4, 0.5) is 5.88 Å². The lowest BCUT2D eigenvalue weighted by Crippen LogP contribution is -2.32. The molecule has 5 heteroatoms. The fraction of sp³-hybridized carbons (Fsp3) is 0.800. The highest BCUT2D eigenvalue weighted by Gasteiger charge is 2.49. The molecule has 1 saturated heterocycles. The van der Waals surface area contributed by atoms with E-state index in [9.17, 15) is 4.79 Å². The van der Waals surface area contributed by atoms with Crippen molar-refractivity contribution in [3.8, 4) is 0 Å². The molecule has 0 spiro atoms. The van der Waals surface area contributed by atoms with Crippen LogP contribution in [0.1, 0.15) is 75.5 Å². The normalized spacial score (nSPS) is 24.6. The Labute approximate surface area is 149 Å². The summed E-state index contributed by atoms with van der Waals surface area (Å²) < 4.78 is 10.9. The Morgan fingerprint density at radius 3 is 2.60 bits per heavy atom. The minimum absolute atomic E-state index is 0.0859. The van der Waals surface area contributed by atoms with Crippen LogP contribution in [-0.4, -0.2) is 24.3 Å². The molecule has 1 aromatic heterocycles.